The predicted molar refractivity (Wildman–Crippen MR) is 64.7 cm³/mol. The number of nitro groups is 1. The SMILES string of the molecule is O=[N+]([O-])c1cc(Br)cnc1Sc1cnccn1. The fourth-order valence-corrected chi connectivity index (χ4v) is 2.15. The highest BCUT2D eigenvalue weighted by atomic mass is 79.9. The van der Waals surface area contributed by atoms with Crippen molar-refractivity contribution in [2.45, 2.75) is 10.1 Å². The molecule has 0 saturated heterocycles. The Morgan fingerprint density at radius 2 is 2.12 bits per heavy atom. The van der Waals surface area contributed by atoms with Gasteiger partial charge in [0.2, 0.25) is 0 Å². The minimum Gasteiger partial charge on any atom is -0.260 e. The van der Waals surface area contributed by atoms with Gasteiger partial charge in [0.25, 0.3) is 0 Å². The van der Waals surface area contributed by atoms with Gasteiger partial charge in [0.05, 0.1) is 11.1 Å². The molecule has 0 N–H and O–H groups in total. The first kappa shape index (κ1) is 11.9. The van der Waals surface area contributed by atoms with Crippen LogP contribution in [0.5, 0.6) is 0 Å². The molecule has 2 heterocycles. The van der Waals surface area contributed by atoms with Gasteiger partial charge in [-0.2, -0.15) is 0 Å². The van der Waals surface area contributed by atoms with Crippen molar-refractivity contribution >= 4 is 33.4 Å². The van der Waals surface area contributed by atoms with E-state index in [0.717, 1.165) is 11.8 Å². The molecule has 2 aromatic rings. The van der Waals surface area contributed by atoms with Crippen molar-refractivity contribution < 1.29 is 4.92 Å². The van der Waals surface area contributed by atoms with Gasteiger partial charge in [0.1, 0.15) is 5.03 Å². The zero-order valence-electron chi connectivity index (χ0n) is 8.28. The van der Waals surface area contributed by atoms with Gasteiger partial charge in [-0.25, -0.2) is 9.97 Å². The van der Waals surface area contributed by atoms with E-state index < -0.39 is 4.92 Å². The van der Waals surface area contributed by atoms with Crippen molar-refractivity contribution in [3.05, 3.63) is 45.4 Å². The van der Waals surface area contributed by atoms with Crippen LogP contribution in [0.25, 0.3) is 0 Å². The maximum absolute atomic E-state index is 10.9. The molecule has 0 fully saturated rings. The van der Waals surface area contributed by atoms with Crippen molar-refractivity contribution in [2.24, 2.45) is 0 Å². The molecule has 0 amide bonds. The molecule has 6 nitrogen and oxygen atoms in total. The number of halogens is 1. The number of nitrogens with zero attached hydrogens (tertiary/aromatic N) is 4. The molecule has 0 aliphatic heterocycles. The second kappa shape index (κ2) is 5.19. The Balaban J connectivity index is 2.36. The molecule has 0 spiro atoms. The largest absolute Gasteiger partial charge is 0.302 e. The molecule has 0 aliphatic carbocycles. The third-order valence-electron chi connectivity index (χ3n) is 1.74. The summed E-state index contributed by atoms with van der Waals surface area (Å²) in [7, 11) is 0. The standard InChI is InChI=1S/C9H5BrN4O2S/c10-6-3-7(14(15)16)9(13-4-6)17-8-5-11-1-2-12-8/h1-5H. The van der Waals surface area contributed by atoms with Gasteiger partial charge in [0, 0.05) is 29.1 Å². The summed E-state index contributed by atoms with van der Waals surface area (Å²) >= 11 is 4.25. The molecule has 86 valence electrons. The van der Waals surface area contributed by atoms with E-state index >= 15 is 0 Å². The molecule has 0 aromatic carbocycles. The van der Waals surface area contributed by atoms with Gasteiger partial charge in [0.15, 0.2) is 5.03 Å². The lowest BCUT2D eigenvalue weighted by Gasteiger charge is -2.01. The average molecular weight is 313 g/mol. The van der Waals surface area contributed by atoms with Crippen molar-refractivity contribution in [1.82, 2.24) is 15.0 Å². The van der Waals surface area contributed by atoms with E-state index in [9.17, 15) is 10.1 Å². The molecule has 0 aliphatic rings. The van der Waals surface area contributed by atoms with Gasteiger partial charge in [-0.1, -0.05) is 0 Å². The van der Waals surface area contributed by atoms with Gasteiger partial charge in [-0.05, 0) is 27.7 Å². The van der Waals surface area contributed by atoms with Crippen LogP contribution in [-0.2, 0) is 0 Å². The molecule has 0 bridgehead atoms. The molecule has 2 rings (SSSR count). The fraction of sp³-hybridized carbons (Fsp3) is 0. The zero-order valence-corrected chi connectivity index (χ0v) is 10.7. The number of hydrogen-bond acceptors (Lipinski definition) is 6. The van der Waals surface area contributed by atoms with Gasteiger partial charge < -0.3 is 0 Å². The predicted octanol–water partition coefficient (Wildman–Crippen LogP) is 2.69. The fourth-order valence-electron chi connectivity index (χ4n) is 1.06. The Hall–Kier alpha value is -1.54. The highest BCUT2D eigenvalue weighted by molar-refractivity contribution is 9.10. The van der Waals surface area contributed by atoms with Gasteiger partial charge in [-0.15, -0.1) is 0 Å². The smallest absolute Gasteiger partial charge is 0.260 e. The first-order valence-electron chi connectivity index (χ1n) is 4.40. The normalized spacial score (nSPS) is 10.2. The molecular formula is C9H5BrN4O2S. The Bertz CT molecular complexity index is 552. The van der Waals surface area contributed by atoms with E-state index in [2.05, 4.69) is 30.9 Å². The number of rotatable bonds is 3. The van der Waals surface area contributed by atoms with E-state index in [4.69, 9.17) is 0 Å². The van der Waals surface area contributed by atoms with E-state index in [1.807, 2.05) is 0 Å². The first-order chi connectivity index (χ1) is 8.16. The van der Waals surface area contributed by atoms with Crippen LogP contribution < -0.4 is 0 Å². The Morgan fingerprint density at radius 1 is 1.29 bits per heavy atom. The Morgan fingerprint density at radius 3 is 2.76 bits per heavy atom. The lowest BCUT2D eigenvalue weighted by molar-refractivity contribution is -0.388. The summed E-state index contributed by atoms with van der Waals surface area (Å²) in [5, 5.41) is 11.7. The van der Waals surface area contributed by atoms with Crippen molar-refractivity contribution in [2.75, 3.05) is 0 Å². The van der Waals surface area contributed by atoms with Gasteiger partial charge in [-0.3, -0.25) is 15.1 Å². The van der Waals surface area contributed by atoms with Crippen LogP contribution in [0.1, 0.15) is 0 Å². The maximum Gasteiger partial charge on any atom is 0.302 e. The second-order valence-corrected chi connectivity index (χ2v) is 4.81. The highest BCUT2D eigenvalue weighted by Gasteiger charge is 2.17. The summed E-state index contributed by atoms with van der Waals surface area (Å²) in [6.45, 7) is 0. The van der Waals surface area contributed by atoms with Crippen LogP contribution in [0.4, 0.5) is 5.69 Å². The highest BCUT2D eigenvalue weighted by Crippen LogP contribution is 2.32. The Kier molecular flexibility index (Phi) is 3.64. The summed E-state index contributed by atoms with van der Waals surface area (Å²) in [5.41, 5.74) is -0.0602. The van der Waals surface area contributed by atoms with E-state index in [1.54, 1.807) is 0 Å². The Labute approximate surface area is 109 Å². The summed E-state index contributed by atoms with van der Waals surface area (Å²) in [6.07, 6.45) is 6.09. The van der Waals surface area contributed by atoms with Crippen LogP contribution in [0.15, 0.2) is 45.4 Å². The monoisotopic (exact) mass is 312 g/mol. The summed E-state index contributed by atoms with van der Waals surface area (Å²) in [4.78, 5) is 22.3. The molecular weight excluding hydrogens is 308 g/mol. The maximum atomic E-state index is 10.9. The topological polar surface area (TPSA) is 81.8 Å². The second-order valence-electron chi connectivity index (χ2n) is 2.88. The molecule has 0 unspecified atom stereocenters. The first-order valence-corrected chi connectivity index (χ1v) is 6.01. The van der Waals surface area contributed by atoms with Crippen LogP contribution in [0.2, 0.25) is 0 Å². The summed E-state index contributed by atoms with van der Waals surface area (Å²) < 4.78 is 0.563. The molecule has 2 aromatic heterocycles. The van der Waals surface area contributed by atoms with Gasteiger partial charge >= 0.3 is 5.69 Å². The third-order valence-corrected chi connectivity index (χ3v) is 3.10. The number of hydrogen-bond donors (Lipinski definition) is 0. The molecule has 0 radical (unpaired) electrons. The van der Waals surface area contributed by atoms with Crippen LogP contribution in [-0.4, -0.2) is 19.9 Å². The lowest BCUT2D eigenvalue weighted by atomic mass is 10.4. The zero-order chi connectivity index (χ0) is 12.3. The molecule has 0 saturated carbocycles. The minimum atomic E-state index is -0.476. The van der Waals surface area contributed by atoms with E-state index in [0.29, 0.717) is 14.5 Å². The molecule has 0 atom stereocenters. The van der Waals surface area contributed by atoms with Crippen molar-refractivity contribution in [3.8, 4) is 0 Å². The van der Waals surface area contributed by atoms with Crippen molar-refractivity contribution in [1.29, 1.82) is 0 Å². The quantitative estimate of drug-likeness (QED) is 0.640. The van der Waals surface area contributed by atoms with Crippen LogP contribution >= 0.6 is 27.7 Å². The number of aromatic nitrogens is 3. The lowest BCUT2D eigenvalue weighted by Crippen LogP contribution is -1.94. The third kappa shape index (κ3) is 2.98. The summed E-state index contributed by atoms with van der Waals surface area (Å²) in [5.74, 6) is 0. The van der Waals surface area contributed by atoms with E-state index in [1.165, 1.54) is 30.9 Å². The van der Waals surface area contributed by atoms with Crippen molar-refractivity contribution in [3.63, 3.8) is 0 Å². The molecule has 17 heavy (non-hydrogen) atoms. The number of pyridine rings is 1. The summed E-state index contributed by atoms with van der Waals surface area (Å²) in [6, 6.07) is 1.41. The van der Waals surface area contributed by atoms with Crippen LogP contribution in [0.3, 0.4) is 0 Å². The minimum absolute atomic E-state index is 0.0602. The average Bonchev–Trinajstić information content (AvgIpc) is 2.32. The van der Waals surface area contributed by atoms with E-state index in [-0.39, 0.29) is 5.69 Å². The molecule has 8 heteroatoms. The van der Waals surface area contributed by atoms with Crippen LogP contribution in [0, 0.1) is 10.1 Å².